The molecule has 0 aromatic rings. The van der Waals surface area contributed by atoms with Crippen LogP contribution in [0.4, 0.5) is 0 Å². The van der Waals surface area contributed by atoms with Gasteiger partial charge in [0, 0.05) is 4.75 Å². The van der Waals surface area contributed by atoms with Crippen LogP contribution in [-0.2, 0) is 0 Å². The Morgan fingerprint density at radius 1 is 1.08 bits per heavy atom. The zero-order valence-electron chi connectivity index (χ0n) is 8.00. The van der Waals surface area contributed by atoms with Crippen LogP contribution in [0.3, 0.4) is 0 Å². The third-order valence-corrected chi connectivity index (χ3v) is 7.65. The highest BCUT2D eigenvalue weighted by molar-refractivity contribution is 8.00. The minimum absolute atomic E-state index is 0.718. The van der Waals surface area contributed by atoms with E-state index in [1.54, 1.807) is 6.42 Å². The summed E-state index contributed by atoms with van der Waals surface area (Å²) < 4.78 is 0.718. The molecule has 66 valence electrons. The first-order valence-electron chi connectivity index (χ1n) is 5.21. The fourth-order valence-electron chi connectivity index (χ4n) is 5.61. The second kappa shape index (κ2) is 1.41. The fraction of sp³-hybridized carbons (Fsp3) is 1.00. The van der Waals surface area contributed by atoms with Crippen LogP contribution in [0, 0.1) is 35.0 Å². The Hall–Kier alpha value is 0.350. The molecule has 0 aromatic heterocycles. The van der Waals surface area contributed by atoms with Crippen LogP contribution in [0.2, 0.25) is 0 Å². The standard InChI is InChI=1S/C11H16S/c1-10-5-4-6(10)8-9(10)7(5)11(8,2)12-3/h5-9H,4H2,1-3H3/t5-,6?,7?,8?,9?,10?,11?/m1/s1. The van der Waals surface area contributed by atoms with Gasteiger partial charge < -0.3 is 0 Å². The minimum atomic E-state index is 0.718. The van der Waals surface area contributed by atoms with E-state index in [0.717, 1.165) is 33.8 Å². The monoisotopic (exact) mass is 180 g/mol. The molecule has 4 fully saturated rings. The van der Waals surface area contributed by atoms with E-state index >= 15 is 0 Å². The van der Waals surface area contributed by atoms with Crippen LogP contribution in [0.15, 0.2) is 0 Å². The summed E-state index contributed by atoms with van der Waals surface area (Å²) in [5.41, 5.74) is 0.880. The topological polar surface area (TPSA) is 0 Å². The number of fused-ring (bicyclic) bond motifs is 2. The summed E-state index contributed by atoms with van der Waals surface area (Å²) >= 11 is 2.16. The molecule has 0 amide bonds. The predicted molar refractivity (Wildman–Crippen MR) is 52.1 cm³/mol. The molecule has 0 aromatic carbocycles. The summed E-state index contributed by atoms with van der Waals surface area (Å²) in [6, 6.07) is 0. The van der Waals surface area contributed by atoms with Crippen molar-refractivity contribution in [3.05, 3.63) is 0 Å². The van der Waals surface area contributed by atoms with E-state index in [9.17, 15) is 0 Å². The van der Waals surface area contributed by atoms with E-state index in [-0.39, 0.29) is 0 Å². The van der Waals surface area contributed by atoms with Gasteiger partial charge in [0.1, 0.15) is 0 Å². The Morgan fingerprint density at radius 3 is 2.00 bits per heavy atom. The van der Waals surface area contributed by atoms with Gasteiger partial charge in [-0.15, -0.1) is 0 Å². The summed E-state index contributed by atoms with van der Waals surface area (Å²) in [5, 5.41) is 0. The maximum Gasteiger partial charge on any atom is 0.0197 e. The van der Waals surface area contributed by atoms with E-state index in [0.29, 0.717) is 0 Å². The molecule has 12 heavy (non-hydrogen) atoms. The molecule has 0 aliphatic heterocycles. The Kier molecular flexibility index (Phi) is 0.794. The van der Waals surface area contributed by atoms with Crippen LogP contribution >= 0.6 is 11.8 Å². The van der Waals surface area contributed by atoms with Crippen molar-refractivity contribution in [2.75, 3.05) is 6.26 Å². The van der Waals surface area contributed by atoms with Gasteiger partial charge in [-0.05, 0) is 54.6 Å². The molecule has 7 atom stereocenters. The second-order valence-corrected chi connectivity index (χ2v) is 7.07. The van der Waals surface area contributed by atoms with Crippen LogP contribution in [0.1, 0.15) is 20.3 Å². The van der Waals surface area contributed by atoms with Crippen LogP contribution < -0.4 is 0 Å². The highest BCUT2D eigenvalue weighted by Crippen LogP contribution is 2.94. The largest absolute Gasteiger partial charge is 0.158 e. The SMILES string of the molecule is CSC1(C)C2C3C[C@@H]4C1C2C34C. The van der Waals surface area contributed by atoms with Crippen molar-refractivity contribution in [3.63, 3.8) is 0 Å². The summed E-state index contributed by atoms with van der Waals surface area (Å²) in [6.07, 6.45) is 3.92. The lowest BCUT2D eigenvalue weighted by atomic mass is 9.11. The molecule has 1 heteroatoms. The molecular weight excluding hydrogens is 164 g/mol. The number of thioether (sulfide) groups is 1. The van der Waals surface area contributed by atoms with Crippen molar-refractivity contribution in [1.29, 1.82) is 0 Å². The molecule has 0 spiro atoms. The molecule has 4 rings (SSSR count). The van der Waals surface area contributed by atoms with Crippen LogP contribution in [-0.4, -0.2) is 11.0 Å². The molecule has 6 unspecified atom stereocenters. The second-order valence-electron chi connectivity index (χ2n) is 5.78. The normalized spacial score (nSPS) is 80.8. The van der Waals surface area contributed by atoms with E-state index in [1.165, 1.54) is 5.92 Å². The van der Waals surface area contributed by atoms with E-state index in [1.807, 2.05) is 0 Å². The number of hydrogen-bond donors (Lipinski definition) is 0. The molecule has 4 aliphatic rings. The summed E-state index contributed by atoms with van der Waals surface area (Å²) in [5.74, 6) is 5.74. The van der Waals surface area contributed by atoms with Gasteiger partial charge in [-0.25, -0.2) is 0 Å². The average molecular weight is 180 g/mol. The van der Waals surface area contributed by atoms with Crippen molar-refractivity contribution in [2.45, 2.75) is 25.0 Å². The van der Waals surface area contributed by atoms with Crippen molar-refractivity contribution < 1.29 is 0 Å². The Morgan fingerprint density at radius 2 is 1.67 bits per heavy atom. The Labute approximate surface area is 78.5 Å². The van der Waals surface area contributed by atoms with Gasteiger partial charge in [-0.3, -0.25) is 0 Å². The van der Waals surface area contributed by atoms with Crippen LogP contribution in [0.25, 0.3) is 0 Å². The van der Waals surface area contributed by atoms with Gasteiger partial charge in [-0.1, -0.05) is 6.92 Å². The van der Waals surface area contributed by atoms with Crippen LogP contribution in [0.5, 0.6) is 0 Å². The quantitative estimate of drug-likeness (QED) is 0.598. The smallest absolute Gasteiger partial charge is 0.0197 e. The maximum atomic E-state index is 2.56. The lowest BCUT2D eigenvalue weighted by Gasteiger charge is -2.96. The van der Waals surface area contributed by atoms with Gasteiger partial charge in [0.15, 0.2) is 0 Å². The first kappa shape index (κ1) is 6.75. The molecule has 0 saturated heterocycles. The minimum Gasteiger partial charge on any atom is -0.158 e. The maximum absolute atomic E-state index is 2.56. The summed E-state index contributed by atoms with van der Waals surface area (Å²) in [6.45, 7) is 5.09. The van der Waals surface area contributed by atoms with E-state index in [4.69, 9.17) is 0 Å². The molecule has 0 nitrogen and oxygen atoms in total. The zero-order valence-corrected chi connectivity index (χ0v) is 8.82. The lowest BCUT2D eigenvalue weighted by molar-refractivity contribution is -0.446. The van der Waals surface area contributed by atoms with Crippen molar-refractivity contribution >= 4 is 11.8 Å². The van der Waals surface area contributed by atoms with Crippen molar-refractivity contribution in [2.24, 2.45) is 35.0 Å². The molecule has 0 bridgehead atoms. The average Bonchev–Trinajstić information content (AvgIpc) is 2.14. The number of rotatable bonds is 1. The zero-order chi connectivity index (χ0) is 8.30. The molecular formula is C11H16S. The van der Waals surface area contributed by atoms with Gasteiger partial charge in [0.25, 0.3) is 0 Å². The third-order valence-electron chi connectivity index (χ3n) is 6.23. The first-order valence-corrected chi connectivity index (χ1v) is 6.43. The lowest BCUT2D eigenvalue weighted by Crippen LogP contribution is -2.94. The van der Waals surface area contributed by atoms with Gasteiger partial charge in [0.2, 0.25) is 0 Å². The molecule has 4 aliphatic carbocycles. The van der Waals surface area contributed by atoms with Crippen molar-refractivity contribution in [3.8, 4) is 0 Å². The highest BCUT2D eigenvalue weighted by atomic mass is 32.2. The summed E-state index contributed by atoms with van der Waals surface area (Å²) in [4.78, 5) is 0. The summed E-state index contributed by atoms with van der Waals surface area (Å²) in [7, 11) is 0. The fourth-order valence-corrected chi connectivity index (χ4v) is 6.77. The Balaban J connectivity index is 1.79. The molecule has 0 heterocycles. The van der Waals surface area contributed by atoms with E-state index < -0.39 is 0 Å². The first-order chi connectivity index (χ1) is 5.65. The third kappa shape index (κ3) is 0.318. The predicted octanol–water partition coefficient (Wildman–Crippen LogP) is 2.64. The molecule has 0 N–H and O–H groups in total. The molecule has 4 saturated carbocycles. The highest BCUT2D eigenvalue weighted by Gasteiger charge is 2.92. The Bertz CT molecular complexity index is 251. The van der Waals surface area contributed by atoms with E-state index in [2.05, 4.69) is 31.9 Å². The number of hydrogen-bond acceptors (Lipinski definition) is 1. The van der Waals surface area contributed by atoms with Gasteiger partial charge in [0.05, 0.1) is 0 Å². The molecule has 0 radical (unpaired) electrons. The van der Waals surface area contributed by atoms with Gasteiger partial charge in [-0.2, -0.15) is 11.8 Å². The van der Waals surface area contributed by atoms with Crippen molar-refractivity contribution in [1.82, 2.24) is 0 Å². The van der Waals surface area contributed by atoms with Gasteiger partial charge >= 0.3 is 0 Å².